The van der Waals surface area contributed by atoms with E-state index in [1.807, 2.05) is 0 Å². The summed E-state index contributed by atoms with van der Waals surface area (Å²) in [4.78, 5) is 15.9. The van der Waals surface area contributed by atoms with Crippen molar-refractivity contribution in [2.24, 2.45) is 0 Å². The number of hydrogen-bond acceptors (Lipinski definition) is 3. The first-order chi connectivity index (χ1) is 9.49. The molecular weight excluding hydrogens is 323 g/mol. The van der Waals surface area contributed by atoms with E-state index in [9.17, 15) is 4.79 Å². The number of pyridine rings is 1. The average Bonchev–Trinajstić information content (AvgIpc) is 2.37. The lowest BCUT2D eigenvalue weighted by molar-refractivity contribution is 0.102. The summed E-state index contributed by atoms with van der Waals surface area (Å²) in [5.41, 5.74) is 0.742. The van der Waals surface area contributed by atoms with Gasteiger partial charge in [-0.1, -0.05) is 34.8 Å². The molecule has 20 heavy (non-hydrogen) atoms. The van der Waals surface area contributed by atoms with Crippen LogP contribution in [0.3, 0.4) is 0 Å². The summed E-state index contributed by atoms with van der Waals surface area (Å²) in [5.74, 6) is 0.103. The fourth-order valence-corrected chi connectivity index (χ4v) is 2.20. The summed E-state index contributed by atoms with van der Waals surface area (Å²) < 4.78 is 5.15. The van der Waals surface area contributed by atoms with Crippen LogP contribution in [0.25, 0.3) is 0 Å². The Balaban J connectivity index is 2.29. The molecule has 0 saturated heterocycles. The third kappa shape index (κ3) is 3.54. The number of nitrogens with zero attached hydrogens (tertiary/aromatic N) is 1. The molecule has 0 aliphatic heterocycles. The maximum Gasteiger partial charge on any atom is 0.255 e. The molecule has 0 spiro atoms. The Kier molecular flexibility index (Phi) is 4.70. The van der Waals surface area contributed by atoms with Gasteiger partial charge in [0.15, 0.2) is 0 Å². The molecule has 1 heterocycles. The molecule has 2 aromatic rings. The Morgan fingerprint density at radius 3 is 2.40 bits per heavy atom. The van der Waals surface area contributed by atoms with Gasteiger partial charge >= 0.3 is 0 Å². The van der Waals surface area contributed by atoms with Crippen LogP contribution < -0.4 is 10.1 Å². The monoisotopic (exact) mass is 330 g/mol. The zero-order valence-electron chi connectivity index (χ0n) is 10.3. The molecule has 0 unspecified atom stereocenters. The number of hydrogen-bond donors (Lipinski definition) is 1. The second-order valence-electron chi connectivity index (χ2n) is 3.80. The minimum atomic E-state index is -0.392. The van der Waals surface area contributed by atoms with Gasteiger partial charge in [0, 0.05) is 10.6 Å². The van der Waals surface area contributed by atoms with Gasteiger partial charge in [-0.05, 0) is 30.3 Å². The van der Waals surface area contributed by atoms with Crippen LogP contribution in [0.1, 0.15) is 10.4 Å². The number of anilines is 1. The number of methoxy groups -OCH3 is 1. The second kappa shape index (κ2) is 6.31. The van der Waals surface area contributed by atoms with E-state index in [-0.39, 0.29) is 15.9 Å². The van der Waals surface area contributed by atoms with E-state index in [1.165, 1.54) is 19.2 Å². The van der Waals surface area contributed by atoms with Gasteiger partial charge in [0.1, 0.15) is 16.1 Å². The Labute approximate surface area is 130 Å². The standard InChI is InChI=1S/C13H9Cl3N2O2/c1-20-10-3-2-8(14)6-9(10)17-13(19)7-4-11(15)18-12(16)5-7/h2-6H,1H3,(H,17,19). The summed E-state index contributed by atoms with van der Waals surface area (Å²) in [7, 11) is 1.50. The summed E-state index contributed by atoms with van der Waals surface area (Å²) in [6.07, 6.45) is 0. The van der Waals surface area contributed by atoms with Crippen LogP contribution >= 0.6 is 34.8 Å². The molecule has 2 rings (SSSR count). The average molecular weight is 332 g/mol. The third-order valence-corrected chi connectivity index (χ3v) is 3.06. The normalized spacial score (nSPS) is 10.2. The molecular formula is C13H9Cl3N2O2. The maximum absolute atomic E-state index is 12.1. The molecule has 1 aromatic carbocycles. The summed E-state index contributed by atoms with van der Waals surface area (Å²) in [6, 6.07) is 7.74. The van der Waals surface area contributed by atoms with E-state index in [1.54, 1.807) is 18.2 Å². The van der Waals surface area contributed by atoms with Crippen molar-refractivity contribution in [3.05, 3.63) is 51.2 Å². The maximum atomic E-state index is 12.1. The van der Waals surface area contributed by atoms with Crippen LogP contribution in [0.4, 0.5) is 5.69 Å². The van der Waals surface area contributed by atoms with Crippen LogP contribution in [0, 0.1) is 0 Å². The van der Waals surface area contributed by atoms with Crippen LogP contribution in [0.15, 0.2) is 30.3 Å². The lowest BCUT2D eigenvalue weighted by atomic mass is 10.2. The molecule has 0 radical (unpaired) electrons. The number of nitrogens with one attached hydrogen (secondary N) is 1. The molecule has 0 bridgehead atoms. The Hall–Kier alpha value is -1.49. The van der Waals surface area contributed by atoms with Crippen molar-refractivity contribution in [2.45, 2.75) is 0 Å². The number of benzene rings is 1. The molecule has 1 N–H and O–H groups in total. The fourth-order valence-electron chi connectivity index (χ4n) is 1.57. The Morgan fingerprint density at radius 2 is 1.80 bits per heavy atom. The molecule has 7 heteroatoms. The van der Waals surface area contributed by atoms with Crippen LogP contribution in [-0.2, 0) is 0 Å². The topological polar surface area (TPSA) is 51.2 Å². The van der Waals surface area contributed by atoms with Crippen molar-refractivity contribution in [2.75, 3.05) is 12.4 Å². The molecule has 0 fully saturated rings. The molecule has 4 nitrogen and oxygen atoms in total. The summed E-state index contributed by atoms with van der Waals surface area (Å²) >= 11 is 17.4. The predicted molar refractivity (Wildman–Crippen MR) is 80.2 cm³/mol. The smallest absolute Gasteiger partial charge is 0.255 e. The van der Waals surface area contributed by atoms with Gasteiger partial charge in [0.05, 0.1) is 12.8 Å². The largest absolute Gasteiger partial charge is 0.495 e. The molecule has 0 aliphatic rings. The molecule has 104 valence electrons. The highest BCUT2D eigenvalue weighted by Gasteiger charge is 2.12. The number of aromatic nitrogens is 1. The minimum absolute atomic E-state index is 0.140. The van der Waals surface area contributed by atoms with Crippen LogP contribution in [-0.4, -0.2) is 18.0 Å². The zero-order valence-corrected chi connectivity index (χ0v) is 12.6. The SMILES string of the molecule is COc1ccc(Cl)cc1NC(=O)c1cc(Cl)nc(Cl)c1. The van der Waals surface area contributed by atoms with Gasteiger partial charge in [-0.15, -0.1) is 0 Å². The fraction of sp³-hybridized carbons (Fsp3) is 0.0769. The minimum Gasteiger partial charge on any atom is -0.495 e. The number of halogens is 3. The number of ether oxygens (including phenoxy) is 1. The second-order valence-corrected chi connectivity index (χ2v) is 5.01. The lowest BCUT2D eigenvalue weighted by Gasteiger charge is -2.10. The van der Waals surface area contributed by atoms with Crippen molar-refractivity contribution in [3.8, 4) is 5.75 Å². The number of amides is 1. The van der Waals surface area contributed by atoms with Crippen LogP contribution in [0.5, 0.6) is 5.75 Å². The van der Waals surface area contributed by atoms with E-state index >= 15 is 0 Å². The Morgan fingerprint density at radius 1 is 1.15 bits per heavy atom. The van der Waals surface area contributed by atoms with Crippen molar-refractivity contribution in [1.82, 2.24) is 4.98 Å². The van der Waals surface area contributed by atoms with Crippen molar-refractivity contribution in [3.63, 3.8) is 0 Å². The highest BCUT2D eigenvalue weighted by molar-refractivity contribution is 6.33. The van der Waals surface area contributed by atoms with Crippen molar-refractivity contribution in [1.29, 1.82) is 0 Å². The van der Waals surface area contributed by atoms with Crippen LogP contribution in [0.2, 0.25) is 15.3 Å². The first kappa shape index (κ1) is 14.9. The van der Waals surface area contributed by atoms with E-state index in [0.29, 0.717) is 16.5 Å². The zero-order chi connectivity index (χ0) is 14.7. The van der Waals surface area contributed by atoms with Crippen molar-refractivity contribution >= 4 is 46.4 Å². The van der Waals surface area contributed by atoms with Gasteiger partial charge in [-0.25, -0.2) is 4.98 Å². The molecule has 0 saturated carbocycles. The van der Waals surface area contributed by atoms with E-state index in [2.05, 4.69) is 10.3 Å². The highest BCUT2D eigenvalue weighted by atomic mass is 35.5. The number of rotatable bonds is 3. The van der Waals surface area contributed by atoms with Gasteiger partial charge in [0.2, 0.25) is 0 Å². The van der Waals surface area contributed by atoms with E-state index < -0.39 is 5.91 Å². The molecule has 0 aliphatic carbocycles. The predicted octanol–water partition coefficient (Wildman–Crippen LogP) is 4.30. The van der Waals surface area contributed by atoms with Crippen molar-refractivity contribution < 1.29 is 9.53 Å². The van der Waals surface area contributed by atoms with Gasteiger partial charge in [0.25, 0.3) is 5.91 Å². The highest BCUT2D eigenvalue weighted by Crippen LogP contribution is 2.28. The molecule has 1 amide bonds. The first-order valence-corrected chi connectivity index (χ1v) is 6.61. The Bertz CT molecular complexity index is 642. The summed E-state index contributed by atoms with van der Waals surface area (Å²) in [5, 5.41) is 3.44. The quantitative estimate of drug-likeness (QED) is 0.853. The van der Waals surface area contributed by atoms with Gasteiger partial charge in [-0.3, -0.25) is 4.79 Å². The van der Waals surface area contributed by atoms with Gasteiger partial charge in [-0.2, -0.15) is 0 Å². The lowest BCUT2D eigenvalue weighted by Crippen LogP contribution is -2.13. The third-order valence-electron chi connectivity index (χ3n) is 2.43. The van der Waals surface area contributed by atoms with E-state index in [0.717, 1.165) is 0 Å². The number of carbonyl (C=O) groups excluding carboxylic acids is 1. The van der Waals surface area contributed by atoms with Gasteiger partial charge < -0.3 is 10.1 Å². The van der Waals surface area contributed by atoms with E-state index in [4.69, 9.17) is 39.5 Å². The first-order valence-electron chi connectivity index (χ1n) is 5.47. The summed E-state index contributed by atoms with van der Waals surface area (Å²) in [6.45, 7) is 0. The number of carbonyl (C=O) groups is 1. The molecule has 1 aromatic heterocycles. The molecule has 0 atom stereocenters.